The minimum Gasteiger partial charge on any atom is -0.497 e. The minimum atomic E-state index is -3.86. The molecule has 0 saturated carbocycles. The normalized spacial score (nSPS) is 11.5. The minimum absolute atomic E-state index is 0.0416. The summed E-state index contributed by atoms with van der Waals surface area (Å²) < 4.78 is 50.5. The van der Waals surface area contributed by atoms with Gasteiger partial charge in [-0.2, -0.15) is 4.98 Å². The summed E-state index contributed by atoms with van der Waals surface area (Å²) in [5.41, 5.74) is 0.586. The summed E-state index contributed by atoms with van der Waals surface area (Å²) in [5, 5.41) is 3.85. The molecular weight excluding hydrogens is 397 g/mol. The molecule has 1 N–H and O–H groups in total. The second-order valence-corrected chi connectivity index (χ2v) is 7.73. The zero-order valence-electron chi connectivity index (χ0n) is 14.1. The summed E-state index contributed by atoms with van der Waals surface area (Å²) >= 11 is 5.86. The number of hydrogen-bond acceptors (Lipinski definition) is 6. The summed E-state index contributed by atoms with van der Waals surface area (Å²) in [6.07, 6.45) is 0. The fourth-order valence-electron chi connectivity index (χ4n) is 2.27. The Bertz CT molecular complexity index is 1020. The van der Waals surface area contributed by atoms with Crippen LogP contribution in [0.2, 0.25) is 5.02 Å². The molecule has 3 aromatic rings. The average Bonchev–Trinajstić information content (AvgIpc) is 3.13. The number of halogens is 2. The first-order valence-electron chi connectivity index (χ1n) is 7.75. The predicted molar refractivity (Wildman–Crippen MR) is 97.2 cm³/mol. The van der Waals surface area contributed by atoms with Crippen LogP contribution in [0.3, 0.4) is 0 Å². The SMILES string of the molecule is COc1ccc(-c2noc(CNS(=O)(=O)Cc3c(F)cccc3Cl)n2)cc1. The lowest BCUT2D eigenvalue weighted by Gasteiger charge is -2.07. The molecule has 27 heavy (non-hydrogen) atoms. The third-order valence-electron chi connectivity index (χ3n) is 3.66. The van der Waals surface area contributed by atoms with Gasteiger partial charge in [-0.3, -0.25) is 0 Å². The Morgan fingerprint density at radius 3 is 2.63 bits per heavy atom. The van der Waals surface area contributed by atoms with E-state index in [0.717, 1.165) is 6.07 Å². The molecular formula is C17H15ClFN3O4S. The quantitative estimate of drug-likeness (QED) is 0.641. The standard InChI is InChI=1S/C17H15ClFN3O4S/c1-25-12-7-5-11(6-8-12)17-21-16(26-22-17)9-20-27(23,24)10-13-14(18)3-2-4-15(13)19/h2-8,20H,9-10H2,1H3. The number of nitrogens with one attached hydrogen (secondary N) is 1. The lowest BCUT2D eigenvalue weighted by Crippen LogP contribution is -2.25. The molecule has 142 valence electrons. The van der Waals surface area contributed by atoms with E-state index in [1.807, 2.05) is 0 Å². The highest BCUT2D eigenvalue weighted by Gasteiger charge is 2.18. The topological polar surface area (TPSA) is 94.3 Å². The molecule has 0 radical (unpaired) electrons. The molecule has 0 saturated heterocycles. The van der Waals surface area contributed by atoms with Crippen molar-refractivity contribution in [2.24, 2.45) is 0 Å². The molecule has 0 aliphatic heterocycles. The number of sulfonamides is 1. The largest absolute Gasteiger partial charge is 0.497 e. The summed E-state index contributed by atoms with van der Waals surface area (Å²) in [6.45, 7) is -0.225. The Balaban J connectivity index is 1.66. The van der Waals surface area contributed by atoms with Gasteiger partial charge >= 0.3 is 0 Å². The zero-order chi connectivity index (χ0) is 19.4. The zero-order valence-corrected chi connectivity index (χ0v) is 15.7. The second-order valence-electron chi connectivity index (χ2n) is 5.52. The van der Waals surface area contributed by atoms with Gasteiger partial charge in [-0.25, -0.2) is 17.5 Å². The van der Waals surface area contributed by atoms with Crippen LogP contribution in [0.1, 0.15) is 11.5 Å². The van der Waals surface area contributed by atoms with Gasteiger partial charge in [0.2, 0.25) is 21.7 Å². The maximum Gasteiger partial charge on any atom is 0.242 e. The number of rotatable bonds is 7. The van der Waals surface area contributed by atoms with E-state index in [-0.39, 0.29) is 23.0 Å². The first-order chi connectivity index (χ1) is 12.9. The highest BCUT2D eigenvalue weighted by Crippen LogP contribution is 2.22. The Morgan fingerprint density at radius 2 is 1.96 bits per heavy atom. The molecule has 3 rings (SSSR count). The van der Waals surface area contributed by atoms with Gasteiger partial charge in [0.1, 0.15) is 11.6 Å². The van der Waals surface area contributed by atoms with Crippen molar-refractivity contribution in [3.05, 3.63) is 64.8 Å². The lowest BCUT2D eigenvalue weighted by atomic mass is 10.2. The van der Waals surface area contributed by atoms with Crippen LogP contribution in [0.25, 0.3) is 11.4 Å². The van der Waals surface area contributed by atoms with E-state index >= 15 is 0 Å². The average molecular weight is 412 g/mol. The van der Waals surface area contributed by atoms with Gasteiger partial charge in [0.15, 0.2) is 0 Å². The summed E-state index contributed by atoms with van der Waals surface area (Å²) in [4.78, 5) is 4.14. The molecule has 0 aliphatic carbocycles. The molecule has 1 aromatic heterocycles. The second kappa shape index (κ2) is 8.03. The Labute approximate surface area is 160 Å². The van der Waals surface area contributed by atoms with Gasteiger partial charge in [-0.1, -0.05) is 22.8 Å². The summed E-state index contributed by atoms with van der Waals surface area (Å²) in [5.74, 6) is -0.222. The van der Waals surface area contributed by atoms with Crippen molar-refractivity contribution in [1.82, 2.24) is 14.9 Å². The fourth-order valence-corrected chi connectivity index (χ4v) is 3.69. The molecule has 10 heteroatoms. The van der Waals surface area contributed by atoms with Gasteiger partial charge in [-0.05, 0) is 36.4 Å². The van der Waals surface area contributed by atoms with Crippen LogP contribution in [0.5, 0.6) is 5.75 Å². The fraction of sp³-hybridized carbons (Fsp3) is 0.176. The summed E-state index contributed by atoms with van der Waals surface area (Å²) in [6, 6.07) is 11.0. The van der Waals surface area contributed by atoms with Gasteiger partial charge < -0.3 is 9.26 Å². The van der Waals surface area contributed by atoms with Crippen molar-refractivity contribution in [2.75, 3.05) is 7.11 Å². The molecule has 0 fully saturated rings. The predicted octanol–water partition coefficient (Wildman–Crippen LogP) is 3.16. The molecule has 7 nitrogen and oxygen atoms in total. The number of ether oxygens (including phenoxy) is 1. The summed E-state index contributed by atoms with van der Waals surface area (Å²) in [7, 11) is -2.30. The van der Waals surface area contributed by atoms with Gasteiger partial charge in [-0.15, -0.1) is 0 Å². The van der Waals surface area contributed by atoms with E-state index in [0.29, 0.717) is 17.1 Å². The monoisotopic (exact) mass is 411 g/mol. The molecule has 0 spiro atoms. The first kappa shape index (κ1) is 19.3. The maximum atomic E-state index is 13.8. The highest BCUT2D eigenvalue weighted by molar-refractivity contribution is 7.88. The third kappa shape index (κ3) is 4.82. The number of aromatic nitrogens is 2. The van der Waals surface area contributed by atoms with Crippen LogP contribution in [-0.2, 0) is 22.3 Å². The van der Waals surface area contributed by atoms with Crippen LogP contribution in [0.4, 0.5) is 4.39 Å². The van der Waals surface area contributed by atoms with Crippen molar-refractivity contribution in [3.63, 3.8) is 0 Å². The molecule has 0 bridgehead atoms. The van der Waals surface area contributed by atoms with Gasteiger partial charge in [0.25, 0.3) is 0 Å². The van der Waals surface area contributed by atoms with Crippen molar-refractivity contribution < 1.29 is 22.1 Å². The van der Waals surface area contributed by atoms with E-state index in [2.05, 4.69) is 14.9 Å². The number of benzene rings is 2. The van der Waals surface area contributed by atoms with Crippen molar-refractivity contribution in [2.45, 2.75) is 12.3 Å². The molecule has 1 heterocycles. The lowest BCUT2D eigenvalue weighted by molar-refractivity contribution is 0.376. The molecule has 0 unspecified atom stereocenters. The number of hydrogen-bond donors (Lipinski definition) is 1. The van der Waals surface area contributed by atoms with Gasteiger partial charge in [0.05, 0.1) is 19.4 Å². The van der Waals surface area contributed by atoms with Crippen molar-refractivity contribution in [3.8, 4) is 17.1 Å². The number of methoxy groups -OCH3 is 1. The van der Waals surface area contributed by atoms with E-state index in [1.165, 1.54) is 12.1 Å². The molecule has 0 atom stereocenters. The van der Waals surface area contributed by atoms with Gasteiger partial charge in [0, 0.05) is 16.1 Å². The highest BCUT2D eigenvalue weighted by atomic mass is 35.5. The molecule has 2 aromatic carbocycles. The first-order valence-corrected chi connectivity index (χ1v) is 9.78. The van der Waals surface area contributed by atoms with Crippen LogP contribution in [0, 0.1) is 5.82 Å². The van der Waals surface area contributed by atoms with Crippen LogP contribution in [0.15, 0.2) is 47.0 Å². The van der Waals surface area contributed by atoms with E-state index < -0.39 is 21.6 Å². The molecule has 0 amide bonds. The van der Waals surface area contributed by atoms with Crippen LogP contribution < -0.4 is 9.46 Å². The molecule has 0 aliphatic rings. The smallest absolute Gasteiger partial charge is 0.242 e. The van der Waals surface area contributed by atoms with E-state index in [1.54, 1.807) is 31.4 Å². The number of nitrogens with zero attached hydrogens (tertiary/aromatic N) is 2. The van der Waals surface area contributed by atoms with E-state index in [4.69, 9.17) is 20.9 Å². The van der Waals surface area contributed by atoms with Crippen LogP contribution in [-0.4, -0.2) is 25.7 Å². The van der Waals surface area contributed by atoms with Crippen molar-refractivity contribution >= 4 is 21.6 Å². The third-order valence-corrected chi connectivity index (χ3v) is 5.26. The van der Waals surface area contributed by atoms with Crippen molar-refractivity contribution in [1.29, 1.82) is 0 Å². The Morgan fingerprint density at radius 1 is 1.22 bits per heavy atom. The van der Waals surface area contributed by atoms with E-state index in [9.17, 15) is 12.8 Å². The Kier molecular flexibility index (Phi) is 5.73. The maximum absolute atomic E-state index is 13.8. The Hall–Kier alpha value is -2.49. The van der Waals surface area contributed by atoms with Crippen LogP contribution >= 0.6 is 11.6 Å².